The van der Waals surface area contributed by atoms with Crippen LogP contribution in [0.3, 0.4) is 0 Å². The molecule has 0 N–H and O–H groups in total. The Balaban J connectivity index is 1.38. The zero-order valence-corrected chi connectivity index (χ0v) is 21.5. The van der Waals surface area contributed by atoms with Crippen molar-refractivity contribution in [3.63, 3.8) is 0 Å². The van der Waals surface area contributed by atoms with Crippen LogP contribution in [0.1, 0.15) is 23.2 Å². The Hall–Kier alpha value is -3.09. The summed E-state index contributed by atoms with van der Waals surface area (Å²) in [7, 11) is 5.91. The molecule has 0 atom stereocenters. The second kappa shape index (κ2) is 11.6. The number of nitrogens with zero attached hydrogens (tertiary/aromatic N) is 4. The minimum absolute atomic E-state index is 0.0953. The fraction of sp³-hybridized carbons (Fsp3) is 0.414. The van der Waals surface area contributed by atoms with E-state index in [1.807, 2.05) is 23.1 Å². The van der Waals surface area contributed by atoms with Gasteiger partial charge in [-0.25, -0.2) is 0 Å². The molecule has 3 aromatic rings. The van der Waals surface area contributed by atoms with Gasteiger partial charge in [0.25, 0.3) is 0 Å². The summed E-state index contributed by atoms with van der Waals surface area (Å²) in [6, 6.07) is 16.7. The predicted octanol–water partition coefficient (Wildman–Crippen LogP) is 4.27. The molecule has 1 fully saturated rings. The van der Waals surface area contributed by atoms with E-state index in [1.165, 1.54) is 22.2 Å². The van der Waals surface area contributed by atoms with Gasteiger partial charge in [-0.2, -0.15) is 0 Å². The number of para-hydroxylation sites is 1. The molecule has 0 unspecified atom stereocenters. The van der Waals surface area contributed by atoms with Crippen molar-refractivity contribution in [3.8, 4) is 5.75 Å². The first-order valence-corrected chi connectivity index (χ1v) is 12.5. The molecule has 2 heterocycles. The number of piperazine rings is 1. The van der Waals surface area contributed by atoms with Gasteiger partial charge in [-0.15, -0.1) is 0 Å². The molecule has 6 nitrogen and oxygen atoms in total. The van der Waals surface area contributed by atoms with Gasteiger partial charge in [-0.05, 0) is 63.8 Å². The molecule has 1 aliphatic heterocycles. The van der Waals surface area contributed by atoms with E-state index in [1.54, 1.807) is 13.2 Å². The quantitative estimate of drug-likeness (QED) is 0.435. The van der Waals surface area contributed by atoms with E-state index in [0.717, 1.165) is 63.5 Å². The molecular formula is C29H38N4O2. The first-order valence-electron chi connectivity index (χ1n) is 12.5. The van der Waals surface area contributed by atoms with Gasteiger partial charge in [0.05, 0.1) is 7.11 Å². The van der Waals surface area contributed by atoms with Gasteiger partial charge < -0.3 is 19.1 Å². The lowest BCUT2D eigenvalue weighted by atomic mass is 10.1. The number of carbonyl (C=O) groups excluding carboxylic acids is 1. The lowest BCUT2D eigenvalue weighted by molar-refractivity contribution is -0.127. The van der Waals surface area contributed by atoms with Crippen LogP contribution in [0.5, 0.6) is 5.75 Å². The van der Waals surface area contributed by atoms with Crippen LogP contribution in [0, 0.1) is 6.92 Å². The molecule has 186 valence electrons. The van der Waals surface area contributed by atoms with E-state index in [9.17, 15) is 4.79 Å². The monoisotopic (exact) mass is 474 g/mol. The van der Waals surface area contributed by atoms with Crippen molar-refractivity contribution < 1.29 is 9.53 Å². The van der Waals surface area contributed by atoms with Crippen molar-refractivity contribution in [2.45, 2.75) is 26.4 Å². The Kier molecular flexibility index (Phi) is 8.26. The standard InChI is InChI=1S/C29H38N4O2/c1-23-26(27-8-5-6-9-28(27)33(23)17-7-16-30(2)3)14-15-29(34)32-20-18-31(19-21-32)22-24-10-12-25(35-4)13-11-24/h5-6,8-15H,7,16-22H2,1-4H3. The summed E-state index contributed by atoms with van der Waals surface area (Å²) in [4.78, 5) is 19.6. The number of benzene rings is 2. The molecular weight excluding hydrogens is 436 g/mol. The van der Waals surface area contributed by atoms with E-state index in [0.29, 0.717) is 0 Å². The third kappa shape index (κ3) is 6.13. The number of carbonyl (C=O) groups is 1. The number of fused-ring (bicyclic) bond motifs is 1. The summed E-state index contributed by atoms with van der Waals surface area (Å²) in [5.41, 5.74) is 4.88. The van der Waals surface area contributed by atoms with Crippen molar-refractivity contribution in [2.24, 2.45) is 0 Å². The third-order valence-corrected chi connectivity index (χ3v) is 6.91. The number of hydrogen-bond acceptors (Lipinski definition) is 4. The Morgan fingerprint density at radius 3 is 2.43 bits per heavy atom. The molecule has 4 rings (SSSR count). The number of hydrogen-bond donors (Lipinski definition) is 0. The highest BCUT2D eigenvalue weighted by molar-refractivity contribution is 5.97. The molecule has 0 aliphatic carbocycles. The van der Waals surface area contributed by atoms with Crippen LogP contribution < -0.4 is 4.74 Å². The Morgan fingerprint density at radius 1 is 1.03 bits per heavy atom. The van der Waals surface area contributed by atoms with Gasteiger partial charge in [0.2, 0.25) is 5.91 Å². The van der Waals surface area contributed by atoms with Crippen LogP contribution in [-0.2, 0) is 17.9 Å². The number of amides is 1. The SMILES string of the molecule is COc1ccc(CN2CCN(C(=O)C=Cc3c(C)n(CCCN(C)C)c4ccccc34)CC2)cc1. The fourth-order valence-electron chi connectivity index (χ4n) is 4.88. The van der Waals surface area contributed by atoms with Gasteiger partial charge in [0.15, 0.2) is 0 Å². The van der Waals surface area contributed by atoms with E-state index >= 15 is 0 Å². The molecule has 0 spiro atoms. The van der Waals surface area contributed by atoms with E-state index in [-0.39, 0.29) is 5.91 Å². The average molecular weight is 475 g/mol. The second-order valence-corrected chi connectivity index (χ2v) is 9.61. The molecule has 2 aromatic carbocycles. The highest BCUT2D eigenvalue weighted by Crippen LogP contribution is 2.27. The van der Waals surface area contributed by atoms with Crippen molar-refractivity contribution in [1.82, 2.24) is 19.3 Å². The molecule has 0 bridgehead atoms. The first kappa shape index (κ1) is 25.0. The number of methoxy groups -OCH3 is 1. The summed E-state index contributed by atoms with van der Waals surface area (Å²) in [5.74, 6) is 0.973. The average Bonchev–Trinajstić information content (AvgIpc) is 3.14. The molecule has 1 aromatic heterocycles. The van der Waals surface area contributed by atoms with Crippen LogP contribution in [0.25, 0.3) is 17.0 Å². The van der Waals surface area contributed by atoms with Gasteiger partial charge in [-0.3, -0.25) is 9.69 Å². The predicted molar refractivity (Wildman–Crippen MR) is 144 cm³/mol. The van der Waals surface area contributed by atoms with Crippen LogP contribution in [0.2, 0.25) is 0 Å². The minimum atomic E-state index is 0.0953. The lowest BCUT2D eigenvalue weighted by Gasteiger charge is -2.34. The van der Waals surface area contributed by atoms with Gasteiger partial charge >= 0.3 is 0 Å². The van der Waals surface area contributed by atoms with Crippen LogP contribution in [0.15, 0.2) is 54.6 Å². The van der Waals surface area contributed by atoms with Crippen LogP contribution in [-0.4, -0.2) is 79.1 Å². The summed E-state index contributed by atoms with van der Waals surface area (Å²) in [6.45, 7) is 8.37. The second-order valence-electron chi connectivity index (χ2n) is 9.61. The van der Waals surface area contributed by atoms with Gasteiger partial charge in [-0.1, -0.05) is 30.3 Å². The van der Waals surface area contributed by atoms with Crippen LogP contribution >= 0.6 is 0 Å². The smallest absolute Gasteiger partial charge is 0.246 e. The Bertz CT molecular complexity index is 1160. The number of rotatable bonds is 9. The zero-order chi connectivity index (χ0) is 24.8. The molecule has 1 saturated heterocycles. The maximum Gasteiger partial charge on any atom is 0.246 e. The molecule has 0 radical (unpaired) electrons. The Morgan fingerprint density at radius 2 is 1.74 bits per heavy atom. The van der Waals surface area contributed by atoms with Crippen molar-refractivity contribution >= 4 is 22.9 Å². The van der Waals surface area contributed by atoms with E-state index < -0.39 is 0 Å². The maximum absolute atomic E-state index is 13.0. The molecule has 1 amide bonds. The zero-order valence-electron chi connectivity index (χ0n) is 21.5. The van der Waals surface area contributed by atoms with Gasteiger partial charge in [0.1, 0.15) is 5.75 Å². The molecule has 0 saturated carbocycles. The highest BCUT2D eigenvalue weighted by atomic mass is 16.5. The molecule has 1 aliphatic rings. The summed E-state index contributed by atoms with van der Waals surface area (Å²) in [6.07, 6.45) is 4.87. The number of ether oxygens (including phenoxy) is 1. The van der Waals surface area contributed by atoms with Crippen molar-refractivity contribution in [2.75, 3.05) is 53.9 Å². The maximum atomic E-state index is 13.0. The topological polar surface area (TPSA) is 41.0 Å². The Labute approximate surface area is 209 Å². The lowest BCUT2D eigenvalue weighted by Crippen LogP contribution is -2.47. The normalized spacial score (nSPS) is 14.9. The summed E-state index contributed by atoms with van der Waals surface area (Å²) >= 11 is 0. The van der Waals surface area contributed by atoms with Crippen molar-refractivity contribution in [1.29, 1.82) is 0 Å². The van der Waals surface area contributed by atoms with E-state index in [2.05, 4.69) is 71.8 Å². The van der Waals surface area contributed by atoms with Gasteiger partial charge in [0, 0.05) is 67.5 Å². The highest BCUT2D eigenvalue weighted by Gasteiger charge is 2.20. The molecule has 6 heteroatoms. The minimum Gasteiger partial charge on any atom is -0.497 e. The fourth-order valence-corrected chi connectivity index (χ4v) is 4.88. The third-order valence-electron chi connectivity index (χ3n) is 6.91. The van der Waals surface area contributed by atoms with Crippen molar-refractivity contribution in [3.05, 3.63) is 71.4 Å². The van der Waals surface area contributed by atoms with Crippen LogP contribution in [0.4, 0.5) is 0 Å². The van der Waals surface area contributed by atoms with E-state index in [4.69, 9.17) is 4.74 Å². The molecule has 35 heavy (non-hydrogen) atoms. The first-order chi connectivity index (χ1) is 17.0. The number of aryl methyl sites for hydroxylation is 1. The largest absolute Gasteiger partial charge is 0.497 e. The summed E-state index contributed by atoms with van der Waals surface area (Å²) in [5, 5.41) is 1.21. The summed E-state index contributed by atoms with van der Waals surface area (Å²) < 4.78 is 7.64. The number of aromatic nitrogens is 1.